The molecule has 5 nitrogen and oxygen atoms in total. The van der Waals surface area contributed by atoms with Crippen LogP contribution < -0.4 is 5.32 Å². The molecule has 0 unspecified atom stereocenters. The van der Waals surface area contributed by atoms with Crippen molar-refractivity contribution in [2.75, 3.05) is 0 Å². The van der Waals surface area contributed by atoms with Crippen molar-refractivity contribution in [3.8, 4) is 0 Å². The Labute approximate surface area is 152 Å². The Morgan fingerprint density at radius 3 is 2.80 bits per heavy atom. The average molecular weight is 360 g/mol. The highest BCUT2D eigenvalue weighted by atomic mass is 35.5. The van der Waals surface area contributed by atoms with Crippen molar-refractivity contribution in [3.05, 3.63) is 58.1 Å². The fraction of sp³-hybridized carbons (Fsp3) is 0.421. The van der Waals surface area contributed by atoms with Gasteiger partial charge >= 0.3 is 0 Å². The van der Waals surface area contributed by atoms with Gasteiger partial charge in [-0.2, -0.15) is 0 Å². The number of pyridine rings is 2. The van der Waals surface area contributed by atoms with Crippen molar-refractivity contribution in [2.24, 2.45) is 0 Å². The molecule has 1 aliphatic rings. The van der Waals surface area contributed by atoms with Gasteiger partial charge in [-0.05, 0) is 55.0 Å². The summed E-state index contributed by atoms with van der Waals surface area (Å²) in [7, 11) is 0. The molecule has 0 spiro atoms. The van der Waals surface area contributed by atoms with E-state index in [2.05, 4.69) is 15.3 Å². The third-order valence-electron chi connectivity index (χ3n) is 4.68. The summed E-state index contributed by atoms with van der Waals surface area (Å²) in [4.78, 5) is 20.9. The van der Waals surface area contributed by atoms with E-state index in [4.69, 9.17) is 11.6 Å². The maximum Gasteiger partial charge on any atom is 0.270 e. The lowest BCUT2D eigenvalue weighted by Gasteiger charge is -2.28. The number of amides is 1. The molecule has 25 heavy (non-hydrogen) atoms. The van der Waals surface area contributed by atoms with Crippen LogP contribution in [0.2, 0.25) is 5.15 Å². The van der Waals surface area contributed by atoms with Crippen molar-refractivity contribution in [1.82, 2.24) is 15.3 Å². The van der Waals surface area contributed by atoms with Gasteiger partial charge < -0.3 is 10.4 Å². The van der Waals surface area contributed by atoms with Crippen molar-refractivity contribution in [3.63, 3.8) is 0 Å². The van der Waals surface area contributed by atoms with E-state index in [-0.39, 0.29) is 11.9 Å². The second-order valence-electron chi connectivity index (χ2n) is 6.59. The summed E-state index contributed by atoms with van der Waals surface area (Å²) in [5.74, 6) is -0.235. The highest BCUT2D eigenvalue weighted by molar-refractivity contribution is 6.29. The lowest BCUT2D eigenvalue weighted by atomic mass is 9.92. The van der Waals surface area contributed by atoms with Crippen LogP contribution in [0, 0.1) is 6.92 Å². The van der Waals surface area contributed by atoms with Crippen LogP contribution in [-0.2, 0) is 6.42 Å². The molecule has 0 aliphatic heterocycles. The van der Waals surface area contributed by atoms with Gasteiger partial charge in [-0.3, -0.25) is 9.78 Å². The summed E-state index contributed by atoms with van der Waals surface area (Å²) in [5.41, 5.74) is 3.44. The maximum absolute atomic E-state index is 12.5. The molecule has 2 atom stereocenters. The van der Waals surface area contributed by atoms with Gasteiger partial charge in [0.05, 0.1) is 12.1 Å². The van der Waals surface area contributed by atoms with Gasteiger partial charge in [0.1, 0.15) is 10.8 Å². The summed E-state index contributed by atoms with van der Waals surface area (Å²) in [6.45, 7) is 1.97. The minimum absolute atomic E-state index is 0.187. The van der Waals surface area contributed by atoms with Crippen LogP contribution in [0.25, 0.3) is 0 Å². The van der Waals surface area contributed by atoms with Crippen molar-refractivity contribution in [2.45, 2.75) is 51.2 Å². The summed E-state index contributed by atoms with van der Waals surface area (Å²) in [6.07, 6.45) is 7.22. The predicted octanol–water partition coefficient (Wildman–Crippen LogP) is 3.06. The van der Waals surface area contributed by atoms with Crippen molar-refractivity contribution >= 4 is 17.5 Å². The van der Waals surface area contributed by atoms with Gasteiger partial charge in [-0.25, -0.2) is 4.98 Å². The Bertz CT molecular complexity index is 749. The minimum atomic E-state index is -0.470. The number of carbonyl (C=O) groups is 1. The fourth-order valence-electron chi connectivity index (χ4n) is 3.13. The Hall–Kier alpha value is -1.98. The van der Waals surface area contributed by atoms with Gasteiger partial charge in [-0.1, -0.05) is 30.5 Å². The van der Waals surface area contributed by atoms with Gasteiger partial charge in [-0.15, -0.1) is 0 Å². The van der Waals surface area contributed by atoms with Gasteiger partial charge in [0.15, 0.2) is 0 Å². The highest BCUT2D eigenvalue weighted by Gasteiger charge is 2.25. The number of aliphatic hydroxyl groups excluding tert-OH is 1. The largest absolute Gasteiger partial charge is 0.391 e. The number of nitrogens with one attached hydrogen (secondary N) is 1. The fourth-order valence-corrected chi connectivity index (χ4v) is 3.24. The zero-order chi connectivity index (χ0) is 17.8. The molecule has 0 bridgehead atoms. The number of nitrogens with zero attached hydrogens (tertiary/aromatic N) is 2. The number of rotatable bonds is 4. The van der Waals surface area contributed by atoms with Crippen molar-refractivity contribution in [1.29, 1.82) is 0 Å². The van der Waals surface area contributed by atoms with E-state index in [9.17, 15) is 9.90 Å². The molecule has 2 heterocycles. The summed E-state index contributed by atoms with van der Waals surface area (Å²) >= 11 is 5.82. The molecule has 6 heteroatoms. The van der Waals surface area contributed by atoms with E-state index in [1.54, 1.807) is 18.5 Å². The molecule has 1 fully saturated rings. The van der Waals surface area contributed by atoms with Crippen LogP contribution in [0.4, 0.5) is 0 Å². The standard InChI is InChI=1S/C19H22ClN3O2/c1-12-10-21-16(19(25)23-15-4-2-3-5-17(15)24)9-14(12)8-13-6-7-18(20)22-11-13/h6-7,9-11,15,17,24H,2-5,8H2,1H3,(H,23,25)/t15-,17-/m0/s1. The monoisotopic (exact) mass is 359 g/mol. The first-order valence-corrected chi connectivity index (χ1v) is 8.95. The molecule has 0 aromatic carbocycles. The zero-order valence-electron chi connectivity index (χ0n) is 14.2. The Balaban J connectivity index is 1.73. The number of hydrogen-bond acceptors (Lipinski definition) is 4. The number of halogens is 1. The molecule has 1 saturated carbocycles. The summed E-state index contributed by atoms with van der Waals surface area (Å²) in [5, 5.41) is 13.4. The van der Waals surface area contributed by atoms with E-state index in [1.165, 1.54) is 0 Å². The topological polar surface area (TPSA) is 75.1 Å². The summed E-state index contributed by atoms with van der Waals surface area (Å²) in [6, 6.07) is 5.31. The Kier molecular flexibility index (Phi) is 5.66. The molecular formula is C19H22ClN3O2. The molecule has 0 saturated heterocycles. The number of hydrogen-bond donors (Lipinski definition) is 2. The number of carbonyl (C=O) groups excluding carboxylic acids is 1. The van der Waals surface area contributed by atoms with E-state index in [1.807, 2.05) is 19.1 Å². The van der Waals surface area contributed by atoms with Gasteiger partial charge in [0.2, 0.25) is 0 Å². The molecule has 0 radical (unpaired) electrons. The molecular weight excluding hydrogens is 338 g/mol. The van der Waals surface area contributed by atoms with E-state index >= 15 is 0 Å². The number of aryl methyl sites for hydroxylation is 1. The van der Waals surface area contributed by atoms with Crippen LogP contribution in [0.15, 0.2) is 30.6 Å². The number of aromatic nitrogens is 2. The third-order valence-corrected chi connectivity index (χ3v) is 4.90. The Morgan fingerprint density at radius 1 is 1.28 bits per heavy atom. The van der Waals surface area contributed by atoms with E-state index in [0.717, 1.165) is 42.4 Å². The second-order valence-corrected chi connectivity index (χ2v) is 6.98. The smallest absolute Gasteiger partial charge is 0.270 e. The minimum Gasteiger partial charge on any atom is -0.391 e. The summed E-state index contributed by atoms with van der Waals surface area (Å²) < 4.78 is 0. The molecule has 1 amide bonds. The third kappa shape index (κ3) is 4.55. The molecule has 3 rings (SSSR count). The van der Waals surface area contributed by atoms with Gasteiger partial charge in [0.25, 0.3) is 5.91 Å². The first-order chi connectivity index (χ1) is 12.0. The molecule has 132 valence electrons. The molecule has 1 aliphatic carbocycles. The average Bonchev–Trinajstić information content (AvgIpc) is 2.60. The molecule has 2 N–H and O–H groups in total. The Morgan fingerprint density at radius 2 is 2.08 bits per heavy atom. The predicted molar refractivity (Wildman–Crippen MR) is 96.8 cm³/mol. The SMILES string of the molecule is Cc1cnc(C(=O)N[C@H]2CCCC[C@@H]2O)cc1Cc1ccc(Cl)nc1. The van der Waals surface area contributed by atoms with Crippen LogP contribution in [0.5, 0.6) is 0 Å². The van der Waals surface area contributed by atoms with Gasteiger partial charge in [0, 0.05) is 12.4 Å². The normalized spacial score (nSPS) is 20.3. The van der Waals surface area contributed by atoms with Crippen LogP contribution in [0.3, 0.4) is 0 Å². The number of aliphatic hydroxyl groups is 1. The van der Waals surface area contributed by atoms with Crippen LogP contribution in [0.1, 0.15) is 52.9 Å². The lowest BCUT2D eigenvalue weighted by Crippen LogP contribution is -2.45. The van der Waals surface area contributed by atoms with E-state index in [0.29, 0.717) is 17.3 Å². The maximum atomic E-state index is 12.5. The zero-order valence-corrected chi connectivity index (χ0v) is 15.0. The second kappa shape index (κ2) is 7.93. The molecule has 2 aromatic rings. The quantitative estimate of drug-likeness (QED) is 0.823. The first-order valence-electron chi connectivity index (χ1n) is 8.58. The van der Waals surface area contributed by atoms with Crippen LogP contribution in [-0.4, -0.2) is 33.1 Å². The van der Waals surface area contributed by atoms with Crippen LogP contribution >= 0.6 is 11.6 Å². The molecule has 2 aromatic heterocycles. The highest BCUT2D eigenvalue weighted by Crippen LogP contribution is 2.19. The first kappa shape index (κ1) is 17.8. The van der Waals surface area contributed by atoms with Crippen molar-refractivity contribution < 1.29 is 9.90 Å². The van der Waals surface area contributed by atoms with E-state index < -0.39 is 6.10 Å². The lowest BCUT2D eigenvalue weighted by molar-refractivity contribution is 0.0713.